The van der Waals surface area contributed by atoms with Gasteiger partial charge in [-0.3, -0.25) is 4.79 Å². The van der Waals surface area contributed by atoms with Crippen molar-refractivity contribution in [3.8, 4) is 11.5 Å². The SMILES string of the molecule is CCOc1ccc(/C=N\NC(=O)Cc2nnc(N)s2)cc1O. The number of phenols is 1. The van der Waals surface area contributed by atoms with Crippen LogP contribution in [0.25, 0.3) is 0 Å². The van der Waals surface area contributed by atoms with Crippen molar-refractivity contribution in [2.24, 2.45) is 5.10 Å². The number of nitrogens with two attached hydrogens (primary N) is 1. The van der Waals surface area contributed by atoms with E-state index in [9.17, 15) is 9.90 Å². The Morgan fingerprint density at radius 1 is 1.55 bits per heavy atom. The second-order valence-corrected chi connectivity index (χ2v) is 5.26. The minimum absolute atomic E-state index is 0.0152. The molecule has 0 bridgehead atoms. The number of amides is 1. The maximum absolute atomic E-state index is 11.6. The third-order valence-corrected chi connectivity index (χ3v) is 3.23. The number of hydrogen-bond donors (Lipinski definition) is 3. The molecule has 2 rings (SSSR count). The number of carbonyl (C=O) groups is 1. The van der Waals surface area contributed by atoms with E-state index < -0.39 is 0 Å². The van der Waals surface area contributed by atoms with Gasteiger partial charge in [-0.15, -0.1) is 10.2 Å². The smallest absolute Gasteiger partial charge is 0.247 e. The summed E-state index contributed by atoms with van der Waals surface area (Å²) in [4.78, 5) is 11.6. The van der Waals surface area contributed by atoms with Gasteiger partial charge in [0.25, 0.3) is 0 Å². The van der Waals surface area contributed by atoms with Crippen LogP contribution in [0.15, 0.2) is 23.3 Å². The van der Waals surface area contributed by atoms with Gasteiger partial charge >= 0.3 is 0 Å². The molecule has 1 aromatic carbocycles. The molecule has 0 saturated carbocycles. The van der Waals surface area contributed by atoms with Crippen LogP contribution >= 0.6 is 11.3 Å². The lowest BCUT2D eigenvalue weighted by atomic mass is 10.2. The Kier molecular flexibility index (Phi) is 5.26. The number of nitrogens with one attached hydrogen (secondary N) is 1. The van der Waals surface area contributed by atoms with E-state index >= 15 is 0 Å². The monoisotopic (exact) mass is 321 g/mol. The molecule has 1 amide bonds. The number of nitrogen functional groups attached to an aromatic ring is 1. The highest BCUT2D eigenvalue weighted by Gasteiger charge is 2.07. The van der Waals surface area contributed by atoms with E-state index in [0.29, 0.717) is 28.1 Å². The molecular weight excluding hydrogens is 306 g/mol. The highest BCUT2D eigenvalue weighted by Crippen LogP contribution is 2.25. The topological polar surface area (TPSA) is 123 Å². The Balaban J connectivity index is 1.89. The van der Waals surface area contributed by atoms with Crippen molar-refractivity contribution >= 4 is 28.6 Å². The lowest BCUT2D eigenvalue weighted by Gasteiger charge is -2.05. The van der Waals surface area contributed by atoms with Gasteiger partial charge in [-0.05, 0) is 30.7 Å². The fourth-order valence-corrected chi connectivity index (χ4v) is 2.19. The van der Waals surface area contributed by atoms with Crippen LogP contribution in [0, 0.1) is 0 Å². The number of phenolic OH excluding ortho intramolecular Hbond substituents is 1. The Bertz CT molecular complexity index is 686. The lowest BCUT2D eigenvalue weighted by Crippen LogP contribution is -2.19. The van der Waals surface area contributed by atoms with Crippen molar-refractivity contribution in [1.29, 1.82) is 0 Å². The minimum Gasteiger partial charge on any atom is -0.504 e. The molecule has 0 unspecified atom stereocenters. The van der Waals surface area contributed by atoms with E-state index in [1.165, 1.54) is 12.3 Å². The summed E-state index contributed by atoms with van der Waals surface area (Å²) in [5, 5.41) is 21.7. The third kappa shape index (κ3) is 4.42. The largest absolute Gasteiger partial charge is 0.504 e. The van der Waals surface area contributed by atoms with E-state index in [1.807, 2.05) is 6.92 Å². The molecule has 2 aromatic rings. The van der Waals surface area contributed by atoms with E-state index in [4.69, 9.17) is 10.5 Å². The Morgan fingerprint density at radius 3 is 3.00 bits per heavy atom. The molecule has 0 fully saturated rings. The number of carbonyl (C=O) groups excluding carboxylic acids is 1. The number of hydrazone groups is 1. The van der Waals surface area contributed by atoms with Gasteiger partial charge in [0, 0.05) is 0 Å². The van der Waals surface area contributed by atoms with Gasteiger partial charge in [-0.1, -0.05) is 11.3 Å². The molecule has 0 atom stereocenters. The van der Waals surface area contributed by atoms with Crippen LogP contribution in [0.3, 0.4) is 0 Å². The summed E-state index contributed by atoms with van der Waals surface area (Å²) in [5.74, 6) is 0.0848. The number of ether oxygens (including phenoxy) is 1. The van der Waals surface area contributed by atoms with Crippen molar-refractivity contribution in [1.82, 2.24) is 15.6 Å². The number of anilines is 1. The first-order valence-electron chi connectivity index (χ1n) is 6.44. The molecule has 1 aromatic heterocycles. The van der Waals surface area contributed by atoms with Crippen LogP contribution in [-0.2, 0) is 11.2 Å². The summed E-state index contributed by atoms with van der Waals surface area (Å²) in [7, 11) is 0. The van der Waals surface area contributed by atoms with Crippen molar-refractivity contribution in [2.45, 2.75) is 13.3 Å². The molecule has 22 heavy (non-hydrogen) atoms. The molecule has 0 aliphatic carbocycles. The van der Waals surface area contributed by atoms with Crippen LogP contribution in [-0.4, -0.2) is 34.0 Å². The summed E-state index contributed by atoms with van der Waals surface area (Å²) in [5.41, 5.74) is 8.42. The Labute approximate surface area is 130 Å². The van der Waals surface area contributed by atoms with Crippen molar-refractivity contribution in [3.05, 3.63) is 28.8 Å². The van der Waals surface area contributed by atoms with Gasteiger partial charge in [0.15, 0.2) is 11.5 Å². The Morgan fingerprint density at radius 2 is 2.36 bits per heavy atom. The fourth-order valence-electron chi connectivity index (χ4n) is 1.59. The molecule has 0 aliphatic heterocycles. The minimum atomic E-state index is -0.331. The van der Waals surface area contributed by atoms with Crippen LogP contribution in [0.1, 0.15) is 17.5 Å². The standard InChI is InChI=1S/C13H15N5O3S/c1-2-21-10-4-3-8(5-9(10)19)7-15-16-11(20)6-12-17-18-13(14)22-12/h3-5,7,19H,2,6H2,1H3,(H2,14,18)(H,16,20)/b15-7-. The first-order chi connectivity index (χ1) is 10.6. The number of nitrogens with zero attached hydrogens (tertiary/aromatic N) is 3. The van der Waals surface area contributed by atoms with Gasteiger partial charge in [0.1, 0.15) is 5.01 Å². The van der Waals surface area contributed by atoms with E-state index in [0.717, 1.165) is 11.3 Å². The zero-order valence-corrected chi connectivity index (χ0v) is 12.6. The molecule has 4 N–H and O–H groups in total. The zero-order valence-electron chi connectivity index (χ0n) is 11.8. The van der Waals surface area contributed by atoms with Gasteiger partial charge in [0.2, 0.25) is 11.0 Å². The van der Waals surface area contributed by atoms with Gasteiger partial charge < -0.3 is 15.6 Å². The van der Waals surface area contributed by atoms with Crippen molar-refractivity contribution < 1.29 is 14.6 Å². The summed E-state index contributed by atoms with van der Waals surface area (Å²) in [6, 6.07) is 4.84. The van der Waals surface area contributed by atoms with Crippen LogP contribution in [0.2, 0.25) is 0 Å². The number of hydrogen-bond acceptors (Lipinski definition) is 8. The Hall–Kier alpha value is -2.68. The maximum Gasteiger partial charge on any atom is 0.247 e. The van der Waals surface area contributed by atoms with Crippen LogP contribution in [0.4, 0.5) is 5.13 Å². The van der Waals surface area contributed by atoms with Crippen molar-refractivity contribution in [2.75, 3.05) is 12.3 Å². The molecule has 8 nitrogen and oxygen atoms in total. The maximum atomic E-state index is 11.6. The first-order valence-corrected chi connectivity index (χ1v) is 7.25. The van der Waals surface area contributed by atoms with E-state index in [2.05, 4.69) is 20.7 Å². The average molecular weight is 321 g/mol. The first kappa shape index (κ1) is 15.7. The van der Waals surface area contributed by atoms with E-state index in [-0.39, 0.29) is 18.1 Å². The van der Waals surface area contributed by atoms with Crippen molar-refractivity contribution in [3.63, 3.8) is 0 Å². The normalized spacial score (nSPS) is 10.8. The average Bonchev–Trinajstić information content (AvgIpc) is 2.87. The molecule has 0 spiro atoms. The molecular formula is C13H15N5O3S. The number of aromatic hydroxyl groups is 1. The molecule has 0 saturated heterocycles. The zero-order chi connectivity index (χ0) is 15.9. The summed E-state index contributed by atoms with van der Waals surface area (Å²) in [6.45, 7) is 2.29. The summed E-state index contributed by atoms with van der Waals surface area (Å²) in [6.07, 6.45) is 1.47. The van der Waals surface area contributed by atoms with Crippen LogP contribution < -0.4 is 15.9 Å². The highest BCUT2D eigenvalue weighted by molar-refractivity contribution is 7.15. The predicted molar refractivity (Wildman–Crippen MR) is 83.0 cm³/mol. The summed E-state index contributed by atoms with van der Waals surface area (Å²) < 4.78 is 5.22. The quantitative estimate of drug-likeness (QED) is 0.537. The second kappa shape index (κ2) is 7.36. The highest BCUT2D eigenvalue weighted by atomic mass is 32.1. The second-order valence-electron chi connectivity index (χ2n) is 4.16. The molecule has 0 radical (unpaired) electrons. The lowest BCUT2D eigenvalue weighted by molar-refractivity contribution is -0.120. The van der Waals surface area contributed by atoms with Gasteiger partial charge in [-0.25, -0.2) is 5.43 Å². The molecule has 0 aliphatic rings. The summed E-state index contributed by atoms with van der Waals surface area (Å²) >= 11 is 1.15. The number of rotatable bonds is 6. The van der Waals surface area contributed by atoms with Gasteiger partial charge in [0.05, 0.1) is 19.2 Å². The number of benzene rings is 1. The molecule has 1 heterocycles. The van der Waals surface area contributed by atoms with E-state index in [1.54, 1.807) is 12.1 Å². The predicted octanol–water partition coefficient (Wildman–Crippen LogP) is 0.917. The molecule has 116 valence electrons. The van der Waals surface area contributed by atoms with Gasteiger partial charge in [-0.2, -0.15) is 5.10 Å². The van der Waals surface area contributed by atoms with Crippen LogP contribution in [0.5, 0.6) is 11.5 Å². The fraction of sp³-hybridized carbons (Fsp3) is 0.231. The number of aromatic nitrogens is 2. The third-order valence-electron chi connectivity index (χ3n) is 2.48. The molecule has 9 heteroatoms.